The molecule has 1 aromatic rings. The standard InChI is InChI=1S/C17H27N3O2.2C2HF3O2/c1-18(2)10-11-20-16(21)3-5-17(20)6-8-19(9-7-17)13-15-4-12-22-14-15;2*3-2(4,5)1(6)7/h4,12,14H,3,5-11,13H2,1-2H3;2*(H,6,7). The number of likely N-dealkylation sites (N-methyl/N-ethyl adjacent to an activating group) is 1. The Bertz CT molecular complexity index is 825. The Morgan fingerprint density at radius 3 is 1.92 bits per heavy atom. The van der Waals surface area contributed by atoms with Crippen molar-refractivity contribution in [2.75, 3.05) is 40.3 Å². The van der Waals surface area contributed by atoms with Crippen LogP contribution in [-0.2, 0) is 20.9 Å². The number of nitrogens with zero attached hydrogens (tertiary/aromatic N) is 3. The van der Waals surface area contributed by atoms with Gasteiger partial charge in [0.25, 0.3) is 0 Å². The second-order valence-corrected chi connectivity index (χ2v) is 8.59. The molecule has 2 aliphatic heterocycles. The van der Waals surface area contributed by atoms with E-state index in [1.165, 1.54) is 5.56 Å². The molecule has 36 heavy (non-hydrogen) atoms. The van der Waals surface area contributed by atoms with Gasteiger partial charge in [-0.15, -0.1) is 0 Å². The number of furan rings is 1. The van der Waals surface area contributed by atoms with E-state index in [1.54, 1.807) is 6.26 Å². The molecule has 0 bridgehead atoms. The van der Waals surface area contributed by atoms with Crippen LogP contribution in [0, 0.1) is 0 Å². The number of aliphatic carboxylic acids is 2. The van der Waals surface area contributed by atoms with Crippen LogP contribution in [0.3, 0.4) is 0 Å². The van der Waals surface area contributed by atoms with Crippen molar-refractivity contribution in [3.05, 3.63) is 24.2 Å². The molecule has 2 fully saturated rings. The van der Waals surface area contributed by atoms with Crippen LogP contribution in [0.25, 0.3) is 0 Å². The predicted octanol–water partition coefficient (Wildman–Crippen LogP) is 3.06. The van der Waals surface area contributed by atoms with Gasteiger partial charge in [-0.3, -0.25) is 9.69 Å². The monoisotopic (exact) mass is 533 g/mol. The van der Waals surface area contributed by atoms with E-state index >= 15 is 0 Å². The molecule has 3 heterocycles. The number of halogens is 6. The zero-order valence-electron chi connectivity index (χ0n) is 19.7. The van der Waals surface area contributed by atoms with E-state index in [0.717, 1.165) is 58.4 Å². The maximum atomic E-state index is 12.3. The second-order valence-electron chi connectivity index (χ2n) is 8.59. The molecule has 1 spiro atoms. The number of rotatable bonds is 5. The Labute approximate surface area is 203 Å². The van der Waals surface area contributed by atoms with Gasteiger partial charge >= 0.3 is 24.3 Å². The average Bonchev–Trinajstić information content (AvgIpc) is 3.36. The third-order valence-corrected chi connectivity index (χ3v) is 5.71. The van der Waals surface area contributed by atoms with Crippen LogP contribution in [0.2, 0.25) is 0 Å². The summed E-state index contributed by atoms with van der Waals surface area (Å²) in [6.07, 6.45) is -2.63. The number of alkyl halides is 6. The van der Waals surface area contributed by atoms with Crippen LogP contribution in [0.5, 0.6) is 0 Å². The van der Waals surface area contributed by atoms with Gasteiger partial charge in [0.15, 0.2) is 0 Å². The minimum absolute atomic E-state index is 0.125. The Balaban J connectivity index is 0.000000383. The smallest absolute Gasteiger partial charge is 0.475 e. The Morgan fingerprint density at radius 2 is 1.53 bits per heavy atom. The highest BCUT2D eigenvalue weighted by Gasteiger charge is 2.46. The minimum atomic E-state index is -5.08. The van der Waals surface area contributed by atoms with Crippen LogP contribution in [0.15, 0.2) is 23.0 Å². The van der Waals surface area contributed by atoms with Gasteiger partial charge in [0, 0.05) is 50.2 Å². The van der Waals surface area contributed by atoms with Gasteiger partial charge in [-0.05, 0) is 39.4 Å². The molecule has 0 aliphatic carbocycles. The van der Waals surface area contributed by atoms with E-state index in [2.05, 4.69) is 28.8 Å². The summed E-state index contributed by atoms with van der Waals surface area (Å²) in [4.78, 5) is 36.9. The number of piperidine rings is 1. The van der Waals surface area contributed by atoms with Crippen LogP contribution < -0.4 is 0 Å². The maximum Gasteiger partial charge on any atom is 0.490 e. The van der Waals surface area contributed by atoms with Gasteiger partial charge in [-0.1, -0.05) is 0 Å². The Kier molecular flexibility index (Phi) is 11.2. The van der Waals surface area contributed by atoms with E-state index in [-0.39, 0.29) is 5.54 Å². The normalized spacial score (nSPS) is 17.9. The summed E-state index contributed by atoms with van der Waals surface area (Å²) >= 11 is 0. The number of carboxylic acid groups (broad SMARTS) is 2. The quantitative estimate of drug-likeness (QED) is 0.556. The van der Waals surface area contributed by atoms with Crippen LogP contribution in [0.4, 0.5) is 26.3 Å². The summed E-state index contributed by atoms with van der Waals surface area (Å²) in [7, 11) is 4.14. The summed E-state index contributed by atoms with van der Waals surface area (Å²) in [6, 6.07) is 2.03. The summed E-state index contributed by atoms with van der Waals surface area (Å²) in [5.41, 5.74) is 1.36. The highest BCUT2D eigenvalue weighted by molar-refractivity contribution is 5.79. The molecule has 9 nitrogen and oxygen atoms in total. The lowest BCUT2D eigenvalue weighted by atomic mass is 9.85. The summed E-state index contributed by atoms with van der Waals surface area (Å²) < 4.78 is 68.6. The van der Waals surface area contributed by atoms with Gasteiger partial charge in [-0.25, -0.2) is 9.59 Å². The third kappa shape index (κ3) is 10.0. The van der Waals surface area contributed by atoms with Crippen molar-refractivity contribution in [3.8, 4) is 0 Å². The van der Waals surface area contributed by atoms with Crippen molar-refractivity contribution < 1.29 is 55.4 Å². The molecule has 3 rings (SSSR count). The highest BCUT2D eigenvalue weighted by Crippen LogP contribution is 2.39. The molecule has 15 heteroatoms. The SMILES string of the molecule is CN(C)CCN1C(=O)CCC12CCN(Cc1ccoc1)CC2.O=C(O)C(F)(F)F.O=C(O)C(F)(F)F. The van der Waals surface area contributed by atoms with Gasteiger partial charge in [-0.2, -0.15) is 26.3 Å². The predicted molar refractivity (Wildman–Crippen MR) is 113 cm³/mol. The van der Waals surface area contributed by atoms with E-state index in [9.17, 15) is 31.1 Å². The molecule has 0 atom stereocenters. The van der Waals surface area contributed by atoms with Crippen LogP contribution in [0.1, 0.15) is 31.2 Å². The van der Waals surface area contributed by atoms with Gasteiger partial charge in [0.2, 0.25) is 5.91 Å². The minimum Gasteiger partial charge on any atom is -0.475 e. The van der Waals surface area contributed by atoms with E-state index in [0.29, 0.717) is 5.91 Å². The number of carbonyl (C=O) groups is 3. The Morgan fingerprint density at radius 1 is 1.03 bits per heavy atom. The molecule has 0 saturated carbocycles. The molecular weight excluding hydrogens is 504 g/mol. The fourth-order valence-corrected chi connectivity index (χ4v) is 3.82. The summed E-state index contributed by atoms with van der Waals surface area (Å²) in [5.74, 6) is -5.16. The zero-order valence-corrected chi connectivity index (χ0v) is 19.7. The molecule has 0 radical (unpaired) electrons. The summed E-state index contributed by atoms with van der Waals surface area (Å²) in [6.45, 7) is 4.91. The largest absolute Gasteiger partial charge is 0.490 e. The molecule has 2 N–H and O–H groups in total. The van der Waals surface area contributed by atoms with Crippen molar-refractivity contribution >= 4 is 17.8 Å². The van der Waals surface area contributed by atoms with Gasteiger partial charge < -0.3 is 24.4 Å². The number of amides is 1. The van der Waals surface area contributed by atoms with E-state index in [4.69, 9.17) is 24.2 Å². The topological polar surface area (TPSA) is 115 Å². The first-order chi connectivity index (χ1) is 16.5. The molecule has 0 unspecified atom stereocenters. The maximum absolute atomic E-state index is 12.3. The fourth-order valence-electron chi connectivity index (χ4n) is 3.82. The van der Waals surface area contributed by atoms with E-state index in [1.807, 2.05) is 12.3 Å². The van der Waals surface area contributed by atoms with E-state index < -0.39 is 24.3 Å². The van der Waals surface area contributed by atoms with Crippen molar-refractivity contribution in [2.45, 2.75) is 50.1 Å². The van der Waals surface area contributed by atoms with Gasteiger partial charge in [0.1, 0.15) is 0 Å². The van der Waals surface area contributed by atoms with Crippen molar-refractivity contribution in [1.82, 2.24) is 14.7 Å². The first-order valence-corrected chi connectivity index (χ1v) is 10.8. The van der Waals surface area contributed by atoms with Gasteiger partial charge in [0.05, 0.1) is 12.5 Å². The number of likely N-dealkylation sites (tertiary alicyclic amines) is 2. The van der Waals surface area contributed by atoms with Crippen molar-refractivity contribution in [2.24, 2.45) is 0 Å². The molecule has 0 aromatic carbocycles. The first-order valence-electron chi connectivity index (χ1n) is 10.8. The summed E-state index contributed by atoms with van der Waals surface area (Å²) in [5, 5.41) is 14.2. The van der Waals surface area contributed by atoms with Crippen molar-refractivity contribution in [3.63, 3.8) is 0 Å². The number of carbonyl (C=O) groups excluding carboxylic acids is 1. The molecular formula is C21H29F6N3O6. The lowest BCUT2D eigenvalue weighted by Crippen LogP contribution is -2.54. The first kappa shape index (κ1) is 31.2. The highest BCUT2D eigenvalue weighted by atomic mass is 19.4. The van der Waals surface area contributed by atoms with Crippen molar-refractivity contribution in [1.29, 1.82) is 0 Å². The second kappa shape index (κ2) is 12.9. The van der Waals surface area contributed by atoms with Crippen LogP contribution >= 0.6 is 0 Å². The molecule has 2 aliphatic rings. The number of carboxylic acids is 2. The molecule has 2 saturated heterocycles. The molecule has 1 aromatic heterocycles. The fraction of sp³-hybridized carbons (Fsp3) is 0.667. The Hall–Kier alpha value is -2.81. The number of hydrogen-bond acceptors (Lipinski definition) is 6. The third-order valence-electron chi connectivity index (χ3n) is 5.71. The zero-order chi connectivity index (χ0) is 27.7. The molecule has 1 amide bonds. The van der Waals surface area contributed by atoms with Crippen LogP contribution in [-0.4, -0.2) is 101 Å². The lowest BCUT2D eigenvalue weighted by Gasteiger charge is -2.45. The average molecular weight is 533 g/mol. The molecule has 206 valence electrons. The lowest BCUT2D eigenvalue weighted by molar-refractivity contribution is -0.193. The number of hydrogen-bond donors (Lipinski definition) is 2.